The second-order valence-electron chi connectivity index (χ2n) is 7.83. The molecule has 3 aromatic carbocycles. The number of amides is 2. The van der Waals surface area contributed by atoms with Gasteiger partial charge < -0.3 is 19.7 Å². The Morgan fingerprint density at radius 1 is 1.03 bits per heavy atom. The van der Waals surface area contributed by atoms with Crippen LogP contribution in [-0.4, -0.2) is 42.9 Å². The average Bonchev–Trinajstić information content (AvgIpc) is 2.86. The largest absolute Gasteiger partial charge is 0.497 e. The molecule has 9 nitrogen and oxygen atoms in total. The van der Waals surface area contributed by atoms with E-state index in [0.717, 1.165) is 5.56 Å². The minimum absolute atomic E-state index is 0.173. The van der Waals surface area contributed by atoms with Crippen LogP contribution in [-0.2, 0) is 4.79 Å². The zero-order valence-electron chi connectivity index (χ0n) is 18.8. The molecular formula is C25H23N3O6. The molecule has 1 heterocycles. The molecule has 2 atom stereocenters. The lowest BCUT2D eigenvalue weighted by molar-refractivity contribution is -0.384. The van der Waals surface area contributed by atoms with Crippen LogP contribution in [0.15, 0.2) is 66.7 Å². The number of likely N-dealkylation sites (N-methyl/N-ethyl adjacent to an activating group) is 1. The van der Waals surface area contributed by atoms with Gasteiger partial charge in [0.15, 0.2) is 0 Å². The van der Waals surface area contributed by atoms with Crippen molar-refractivity contribution >= 4 is 23.2 Å². The molecule has 0 spiro atoms. The van der Waals surface area contributed by atoms with Crippen molar-refractivity contribution in [1.29, 1.82) is 0 Å². The second kappa shape index (κ2) is 9.22. The number of ether oxygens (including phenoxy) is 2. The van der Waals surface area contributed by atoms with Gasteiger partial charge in [0.05, 0.1) is 36.8 Å². The number of nitro benzene ring substituents is 1. The van der Waals surface area contributed by atoms with Crippen molar-refractivity contribution in [2.45, 2.75) is 12.0 Å². The van der Waals surface area contributed by atoms with Gasteiger partial charge in [-0.25, -0.2) is 0 Å². The minimum Gasteiger partial charge on any atom is -0.497 e. The topological polar surface area (TPSA) is 111 Å². The number of carbonyl (C=O) groups excluding carboxylic acids is 2. The second-order valence-corrected chi connectivity index (χ2v) is 7.83. The summed E-state index contributed by atoms with van der Waals surface area (Å²) in [5, 5.41) is 14.1. The summed E-state index contributed by atoms with van der Waals surface area (Å²) in [7, 11) is 4.63. The summed E-state index contributed by atoms with van der Waals surface area (Å²) in [5.41, 5.74) is 1.75. The lowest BCUT2D eigenvalue weighted by atomic mass is 9.79. The summed E-state index contributed by atoms with van der Waals surface area (Å²) in [6, 6.07) is 17.5. The van der Waals surface area contributed by atoms with E-state index in [4.69, 9.17) is 9.47 Å². The van der Waals surface area contributed by atoms with Gasteiger partial charge in [-0.1, -0.05) is 30.3 Å². The monoisotopic (exact) mass is 461 g/mol. The van der Waals surface area contributed by atoms with Crippen LogP contribution < -0.4 is 14.8 Å². The van der Waals surface area contributed by atoms with Gasteiger partial charge >= 0.3 is 0 Å². The highest BCUT2D eigenvalue weighted by molar-refractivity contribution is 6.04. The van der Waals surface area contributed by atoms with E-state index >= 15 is 0 Å². The van der Waals surface area contributed by atoms with Crippen molar-refractivity contribution in [3.8, 4) is 11.5 Å². The molecule has 0 unspecified atom stereocenters. The Morgan fingerprint density at radius 2 is 1.74 bits per heavy atom. The van der Waals surface area contributed by atoms with E-state index in [2.05, 4.69) is 5.32 Å². The van der Waals surface area contributed by atoms with E-state index in [1.165, 1.54) is 25.3 Å². The Kier molecular flexibility index (Phi) is 6.18. The number of methoxy groups -OCH3 is 2. The van der Waals surface area contributed by atoms with Crippen LogP contribution >= 0.6 is 0 Å². The van der Waals surface area contributed by atoms with E-state index in [0.29, 0.717) is 16.9 Å². The first kappa shape index (κ1) is 22.8. The molecule has 1 aliphatic rings. The lowest BCUT2D eigenvalue weighted by Crippen LogP contribution is -2.44. The quantitative estimate of drug-likeness (QED) is 0.436. The molecule has 3 aromatic rings. The van der Waals surface area contributed by atoms with E-state index in [1.54, 1.807) is 55.5 Å². The maximum Gasteiger partial charge on any atom is 0.271 e. The maximum atomic E-state index is 13.7. The summed E-state index contributed by atoms with van der Waals surface area (Å²) in [6.45, 7) is 0. The number of rotatable bonds is 6. The zero-order valence-corrected chi connectivity index (χ0v) is 18.8. The average molecular weight is 461 g/mol. The third-order valence-corrected chi connectivity index (χ3v) is 5.97. The van der Waals surface area contributed by atoms with E-state index in [-0.39, 0.29) is 23.0 Å². The van der Waals surface area contributed by atoms with Crippen molar-refractivity contribution in [1.82, 2.24) is 4.90 Å². The number of fused-ring (bicyclic) bond motifs is 1. The van der Waals surface area contributed by atoms with Crippen molar-refractivity contribution in [2.24, 2.45) is 0 Å². The minimum atomic E-state index is -0.781. The predicted octanol–water partition coefficient (Wildman–Crippen LogP) is 4.16. The number of carbonyl (C=O) groups is 2. The number of nitro groups is 1. The van der Waals surface area contributed by atoms with Crippen LogP contribution in [0.1, 0.15) is 33.4 Å². The third kappa shape index (κ3) is 4.03. The van der Waals surface area contributed by atoms with Crippen LogP contribution in [0.5, 0.6) is 11.5 Å². The maximum absolute atomic E-state index is 13.7. The third-order valence-electron chi connectivity index (χ3n) is 5.97. The smallest absolute Gasteiger partial charge is 0.271 e. The number of nitrogens with zero attached hydrogens (tertiary/aromatic N) is 2. The summed E-state index contributed by atoms with van der Waals surface area (Å²) < 4.78 is 10.5. The van der Waals surface area contributed by atoms with Crippen molar-refractivity contribution in [2.75, 3.05) is 26.6 Å². The van der Waals surface area contributed by atoms with Crippen molar-refractivity contribution < 1.29 is 24.0 Å². The van der Waals surface area contributed by atoms with Crippen molar-refractivity contribution in [3.63, 3.8) is 0 Å². The Labute approximate surface area is 196 Å². The molecular weight excluding hydrogens is 438 g/mol. The summed E-state index contributed by atoms with van der Waals surface area (Å²) in [6.07, 6.45) is 0. The van der Waals surface area contributed by atoms with Crippen molar-refractivity contribution in [3.05, 3.63) is 93.5 Å². The van der Waals surface area contributed by atoms with Gasteiger partial charge in [-0.3, -0.25) is 19.7 Å². The molecule has 0 fully saturated rings. The molecule has 1 aliphatic heterocycles. The highest BCUT2D eigenvalue weighted by atomic mass is 16.6. The first-order valence-electron chi connectivity index (χ1n) is 10.5. The van der Waals surface area contributed by atoms with E-state index < -0.39 is 22.8 Å². The molecule has 0 bridgehead atoms. The number of nitrogens with one attached hydrogen (secondary N) is 1. The number of hydrogen-bond acceptors (Lipinski definition) is 6. The highest BCUT2D eigenvalue weighted by Crippen LogP contribution is 2.43. The first-order valence-corrected chi connectivity index (χ1v) is 10.5. The highest BCUT2D eigenvalue weighted by Gasteiger charge is 2.42. The van der Waals surface area contributed by atoms with Crippen LogP contribution in [0, 0.1) is 10.1 Å². The summed E-state index contributed by atoms with van der Waals surface area (Å²) >= 11 is 0. The van der Waals surface area contributed by atoms with Gasteiger partial charge in [-0.05, 0) is 35.4 Å². The van der Waals surface area contributed by atoms with Gasteiger partial charge in [-0.15, -0.1) is 0 Å². The van der Waals surface area contributed by atoms with Crippen LogP contribution in [0.25, 0.3) is 0 Å². The van der Waals surface area contributed by atoms with Gasteiger partial charge in [0, 0.05) is 24.7 Å². The van der Waals surface area contributed by atoms with E-state index in [1.807, 2.05) is 12.1 Å². The normalized spacial score (nSPS) is 17.0. The molecule has 174 valence electrons. The Balaban J connectivity index is 1.81. The van der Waals surface area contributed by atoms with E-state index in [9.17, 15) is 19.7 Å². The fourth-order valence-corrected chi connectivity index (χ4v) is 4.29. The number of benzene rings is 3. The number of hydrogen-bond donors (Lipinski definition) is 1. The molecule has 0 aliphatic carbocycles. The standard InChI is InChI=1S/C25H23N3O6/c1-27-23(15-8-11-17(33-2)12-9-15)22(18-6-4-5-7-19(18)25(27)30)24(29)26-20-14-16(28(31)32)10-13-21(20)34-3/h4-14,22-23H,1-3H3,(H,26,29)/t22-,23+/m1/s1. The summed E-state index contributed by atoms with van der Waals surface area (Å²) in [4.78, 5) is 39.2. The molecule has 0 saturated carbocycles. The molecule has 0 saturated heterocycles. The molecule has 9 heteroatoms. The van der Waals surface area contributed by atoms with Gasteiger partial charge in [-0.2, -0.15) is 0 Å². The Bertz CT molecular complexity index is 1260. The molecule has 34 heavy (non-hydrogen) atoms. The Morgan fingerprint density at radius 3 is 2.38 bits per heavy atom. The van der Waals surface area contributed by atoms with Gasteiger partial charge in [0.1, 0.15) is 11.5 Å². The molecule has 1 N–H and O–H groups in total. The molecule has 0 radical (unpaired) electrons. The van der Waals surface area contributed by atoms with Crippen LogP contribution in [0.2, 0.25) is 0 Å². The lowest BCUT2D eigenvalue weighted by Gasteiger charge is -2.39. The molecule has 0 aromatic heterocycles. The number of anilines is 1. The number of non-ortho nitro benzene ring substituents is 1. The predicted molar refractivity (Wildman–Crippen MR) is 125 cm³/mol. The molecule has 4 rings (SSSR count). The SMILES string of the molecule is COc1ccc([C@H]2[C@H](C(=O)Nc3cc([N+](=O)[O-])ccc3OC)c3ccccc3C(=O)N2C)cc1. The van der Waals surface area contributed by atoms with Crippen LogP contribution in [0.4, 0.5) is 11.4 Å². The van der Waals surface area contributed by atoms with Gasteiger partial charge in [0.25, 0.3) is 11.6 Å². The fourth-order valence-electron chi connectivity index (χ4n) is 4.29. The van der Waals surface area contributed by atoms with Crippen LogP contribution in [0.3, 0.4) is 0 Å². The summed E-state index contributed by atoms with van der Waals surface area (Å²) in [5.74, 6) is -0.471. The Hall–Kier alpha value is -4.40. The zero-order chi connectivity index (χ0) is 24.4. The fraction of sp³-hybridized carbons (Fsp3) is 0.200. The van der Waals surface area contributed by atoms with Gasteiger partial charge in [0.2, 0.25) is 5.91 Å². The molecule has 2 amide bonds. The first-order chi connectivity index (χ1) is 16.3.